The van der Waals surface area contributed by atoms with Crippen LogP contribution in [0.3, 0.4) is 0 Å². The van der Waals surface area contributed by atoms with Gasteiger partial charge in [-0.25, -0.2) is 0 Å². The van der Waals surface area contributed by atoms with Gasteiger partial charge in [0, 0.05) is 23.5 Å². The molecule has 0 bridgehead atoms. The summed E-state index contributed by atoms with van der Waals surface area (Å²) < 4.78 is 0. The van der Waals surface area contributed by atoms with Crippen molar-refractivity contribution in [1.82, 2.24) is 0 Å². The molecule has 0 heterocycles. The molecule has 0 saturated heterocycles. The van der Waals surface area contributed by atoms with Crippen molar-refractivity contribution in [3.8, 4) is 0 Å². The molecule has 0 aromatic rings. The third-order valence-corrected chi connectivity index (χ3v) is 1.51. The van der Waals surface area contributed by atoms with Crippen LogP contribution in [0, 0.1) is 0 Å². The standard InChI is InChI=1S/C9H16O2.Fe/c1-3-4-5-6-9(11)7-8(2)10;/h3-7H2,1-2H3;. The number of carbonyl (C=O) groups is 2. The molecule has 2 nitrogen and oxygen atoms in total. The van der Waals surface area contributed by atoms with E-state index in [0.717, 1.165) is 19.3 Å². The van der Waals surface area contributed by atoms with Gasteiger partial charge in [-0.1, -0.05) is 19.8 Å². The Hall–Kier alpha value is -0.141. The summed E-state index contributed by atoms with van der Waals surface area (Å²) in [5.74, 6) is 0.0671. The van der Waals surface area contributed by atoms with Crippen LogP contribution in [0.4, 0.5) is 0 Å². The van der Waals surface area contributed by atoms with Gasteiger partial charge in [-0.2, -0.15) is 0 Å². The topological polar surface area (TPSA) is 34.1 Å². The molecule has 12 heavy (non-hydrogen) atoms. The van der Waals surface area contributed by atoms with Gasteiger partial charge in [0.2, 0.25) is 0 Å². The molecule has 0 N–H and O–H groups in total. The number of hydrogen-bond acceptors (Lipinski definition) is 2. The first-order valence-electron chi connectivity index (χ1n) is 4.18. The molecule has 0 saturated carbocycles. The molecule has 0 aliphatic carbocycles. The molecule has 0 fully saturated rings. The maximum absolute atomic E-state index is 10.9. The monoisotopic (exact) mass is 212 g/mol. The van der Waals surface area contributed by atoms with E-state index in [4.69, 9.17) is 0 Å². The van der Waals surface area contributed by atoms with Crippen LogP contribution in [0.5, 0.6) is 0 Å². The minimum absolute atomic E-state index is 0. The van der Waals surface area contributed by atoms with Gasteiger partial charge >= 0.3 is 0 Å². The summed E-state index contributed by atoms with van der Waals surface area (Å²) in [5, 5.41) is 0. The van der Waals surface area contributed by atoms with E-state index in [9.17, 15) is 9.59 Å². The molecule has 0 aliphatic heterocycles. The second-order valence-corrected chi connectivity index (χ2v) is 2.87. The van der Waals surface area contributed by atoms with Gasteiger partial charge in [0.25, 0.3) is 0 Å². The first kappa shape index (κ1) is 14.4. The number of rotatable bonds is 6. The smallest absolute Gasteiger partial charge is 0.140 e. The second kappa shape index (κ2) is 8.95. The van der Waals surface area contributed by atoms with E-state index in [2.05, 4.69) is 6.92 Å². The van der Waals surface area contributed by atoms with E-state index in [1.807, 2.05) is 0 Å². The minimum Gasteiger partial charge on any atom is -0.300 e. The van der Waals surface area contributed by atoms with Crippen LogP contribution in [0.15, 0.2) is 0 Å². The Morgan fingerprint density at radius 3 is 2.17 bits per heavy atom. The maximum Gasteiger partial charge on any atom is 0.140 e. The Bertz CT molecular complexity index is 143. The molecule has 0 radical (unpaired) electrons. The molecule has 0 aromatic heterocycles. The quantitative estimate of drug-likeness (QED) is 0.384. The summed E-state index contributed by atoms with van der Waals surface area (Å²) in [6.45, 7) is 3.55. The molecule has 3 heteroatoms. The fourth-order valence-corrected chi connectivity index (χ4v) is 0.938. The Kier molecular flexibility index (Phi) is 10.7. The maximum atomic E-state index is 10.9. The van der Waals surface area contributed by atoms with Crippen molar-refractivity contribution in [2.24, 2.45) is 0 Å². The van der Waals surface area contributed by atoms with Gasteiger partial charge in [0.05, 0.1) is 6.42 Å². The van der Waals surface area contributed by atoms with E-state index in [0.29, 0.717) is 6.42 Å². The fraction of sp³-hybridized carbons (Fsp3) is 0.778. The van der Waals surface area contributed by atoms with Gasteiger partial charge in [-0.05, 0) is 13.3 Å². The van der Waals surface area contributed by atoms with Crippen LogP contribution in [0.2, 0.25) is 0 Å². The van der Waals surface area contributed by atoms with Crippen molar-refractivity contribution >= 4 is 11.6 Å². The molecule has 0 rings (SSSR count). The zero-order valence-corrected chi connectivity index (χ0v) is 8.81. The zero-order chi connectivity index (χ0) is 8.69. The first-order valence-corrected chi connectivity index (χ1v) is 4.18. The average molecular weight is 212 g/mol. The third-order valence-electron chi connectivity index (χ3n) is 1.51. The summed E-state index contributed by atoms with van der Waals surface area (Å²) in [5.41, 5.74) is 0. The SMILES string of the molecule is CCCCCC(=O)CC(C)=O.[Fe]. The molecule has 0 amide bonds. The second-order valence-electron chi connectivity index (χ2n) is 2.87. The average Bonchev–Trinajstić information content (AvgIpc) is 1.86. The van der Waals surface area contributed by atoms with Gasteiger partial charge in [0.15, 0.2) is 0 Å². The number of ketones is 2. The molecule has 0 aliphatic rings. The minimum atomic E-state index is -0.0218. The van der Waals surface area contributed by atoms with Gasteiger partial charge < -0.3 is 0 Å². The number of carbonyl (C=O) groups excluding carboxylic acids is 2. The van der Waals surface area contributed by atoms with Crippen LogP contribution in [-0.4, -0.2) is 11.6 Å². The molecule has 0 atom stereocenters. The number of hydrogen-bond donors (Lipinski definition) is 0. The van der Waals surface area contributed by atoms with E-state index >= 15 is 0 Å². The summed E-state index contributed by atoms with van der Waals surface area (Å²) in [7, 11) is 0. The van der Waals surface area contributed by atoms with Gasteiger partial charge in [-0.15, -0.1) is 0 Å². The summed E-state index contributed by atoms with van der Waals surface area (Å²) in [4.78, 5) is 21.4. The van der Waals surface area contributed by atoms with E-state index < -0.39 is 0 Å². The van der Waals surface area contributed by atoms with E-state index in [1.165, 1.54) is 6.92 Å². The summed E-state index contributed by atoms with van der Waals surface area (Å²) in [6.07, 6.45) is 3.84. The Morgan fingerprint density at radius 1 is 1.17 bits per heavy atom. The molecule has 0 spiro atoms. The van der Waals surface area contributed by atoms with Crippen LogP contribution in [0.25, 0.3) is 0 Å². The Balaban J connectivity index is 0. The Labute approximate surface area is 84.6 Å². The van der Waals surface area contributed by atoms with Crippen molar-refractivity contribution in [2.75, 3.05) is 0 Å². The number of unbranched alkanes of at least 4 members (excludes halogenated alkanes) is 2. The van der Waals surface area contributed by atoms with E-state index in [-0.39, 0.29) is 35.1 Å². The number of Topliss-reactive ketones (excluding diaryl/α,β-unsaturated/α-hetero) is 2. The van der Waals surface area contributed by atoms with Gasteiger partial charge in [0.1, 0.15) is 11.6 Å². The van der Waals surface area contributed by atoms with E-state index in [1.54, 1.807) is 0 Å². The molecule has 0 unspecified atom stereocenters. The summed E-state index contributed by atoms with van der Waals surface area (Å²) in [6, 6.07) is 0. The van der Waals surface area contributed by atoms with Crippen molar-refractivity contribution < 1.29 is 26.7 Å². The molecule has 0 aromatic carbocycles. The normalized spacial score (nSPS) is 8.83. The predicted octanol–water partition coefficient (Wildman–Crippen LogP) is 2.11. The van der Waals surface area contributed by atoms with Crippen molar-refractivity contribution in [1.29, 1.82) is 0 Å². The molecule has 72 valence electrons. The van der Waals surface area contributed by atoms with Crippen molar-refractivity contribution in [3.63, 3.8) is 0 Å². The summed E-state index contributed by atoms with van der Waals surface area (Å²) >= 11 is 0. The van der Waals surface area contributed by atoms with Crippen LogP contribution < -0.4 is 0 Å². The van der Waals surface area contributed by atoms with Crippen LogP contribution >= 0.6 is 0 Å². The van der Waals surface area contributed by atoms with Gasteiger partial charge in [-0.3, -0.25) is 9.59 Å². The van der Waals surface area contributed by atoms with Crippen molar-refractivity contribution in [3.05, 3.63) is 0 Å². The third kappa shape index (κ3) is 9.86. The first-order chi connectivity index (χ1) is 5.16. The van der Waals surface area contributed by atoms with Crippen LogP contribution in [0.1, 0.15) is 46.0 Å². The molecular formula is C9H16FeO2. The largest absolute Gasteiger partial charge is 0.300 e. The zero-order valence-electron chi connectivity index (χ0n) is 7.71. The Morgan fingerprint density at radius 2 is 1.75 bits per heavy atom. The van der Waals surface area contributed by atoms with Crippen molar-refractivity contribution in [2.45, 2.75) is 46.0 Å². The fourth-order valence-electron chi connectivity index (χ4n) is 0.938. The van der Waals surface area contributed by atoms with Crippen LogP contribution in [-0.2, 0) is 26.7 Å². The molecular weight excluding hydrogens is 196 g/mol. The predicted molar refractivity (Wildman–Crippen MR) is 44.4 cm³/mol.